The van der Waals surface area contributed by atoms with Crippen LogP contribution in [-0.2, 0) is 11.4 Å². The fraction of sp³-hybridized carbons (Fsp3) is 0.444. The largest absolute Gasteiger partial charge is 0.397 e. The lowest BCUT2D eigenvalue weighted by Crippen LogP contribution is -2.27. The number of carbonyl (C=O) groups is 1. The number of aromatic nitrogens is 1. The molecule has 5 heteroatoms. The Hall–Kier alpha value is -1.49. The highest BCUT2D eigenvalue weighted by Crippen LogP contribution is 2.12. The van der Waals surface area contributed by atoms with E-state index in [1.165, 1.54) is 12.2 Å². The van der Waals surface area contributed by atoms with Crippen LogP contribution in [0.3, 0.4) is 0 Å². The zero-order valence-corrected chi connectivity index (χ0v) is 8.65. The number of nitrogens with zero attached hydrogens (tertiary/aromatic N) is 2. The van der Waals surface area contributed by atoms with Crippen LogP contribution in [-0.4, -0.2) is 29.7 Å². The van der Waals surface area contributed by atoms with E-state index < -0.39 is 0 Å². The van der Waals surface area contributed by atoms with E-state index in [4.69, 9.17) is 10.6 Å². The summed E-state index contributed by atoms with van der Waals surface area (Å²) in [5.74, 6) is -0.203. The third-order valence-electron chi connectivity index (χ3n) is 2.04. The maximum atomic E-state index is 11.7. The third-order valence-corrected chi connectivity index (χ3v) is 2.04. The van der Waals surface area contributed by atoms with E-state index in [1.807, 2.05) is 6.92 Å². The summed E-state index contributed by atoms with van der Waals surface area (Å²) in [6, 6.07) is 1.64. The predicted molar refractivity (Wildman–Crippen MR) is 53.6 cm³/mol. The van der Waals surface area contributed by atoms with Crippen molar-refractivity contribution in [2.24, 2.45) is 0 Å². The molecule has 1 aromatic heterocycles. The van der Waals surface area contributed by atoms with Crippen LogP contribution < -0.4 is 5.73 Å². The molecule has 0 aliphatic heterocycles. The minimum atomic E-state index is -0.203. The van der Waals surface area contributed by atoms with Gasteiger partial charge in [-0.3, -0.25) is 9.63 Å². The van der Waals surface area contributed by atoms with E-state index in [1.54, 1.807) is 23.9 Å². The zero-order chi connectivity index (χ0) is 10.7. The summed E-state index contributed by atoms with van der Waals surface area (Å²) in [5.41, 5.74) is 6.72. The van der Waals surface area contributed by atoms with Crippen LogP contribution in [0.4, 0.5) is 5.69 Å². The molecule has 1 aromatic rings. The van der Waals surface area contributed by atoms with Gasteiger partial charge in [-0.15, -0.1) is 0 Å². The van der Waals surface area contributed by atoms with Gasteiger partial charge in [0.1, 0.15) is 5.69 Å². The average molecular weight is 197 g/mol. The molecule has 5 nitrogen and oxygen atoms in total. The summed E-state index contributed by atoms with van der Waals surface area (Å²) in [7, 11) is 3.01. The van der Waals surface area contributed by atoms with Gasteiger partial charge in [-0.2, -0.15) is 0 Å². The van der Waals surface area contributed by atoms with Crippen LogP contribution in [0.25, 0.3) is 0 Å². The monoisotopic (exact) mass is 197 g/mol. The second-order valence-electron chi connectivity index (χ2n) is 2.93. The van der Waals surface area contributed by atoms with Crippen molar-refractivity contribution in [3.05, 3.63) is 18.0 Å². The number of anilines is 1. The first-order chi connectivity index (χ1) is 6.60. The number of hydrogen-bond acceptors (Lipinski definition) is 3. The summed E-state index contributed by atoms with van der Waals surface area (Å²) in [5, 5.41) is 1.17. The van der Waals surface area contributed by atoms with Gasteiger partial charge in [0.05, 0.1) is 12.8 Å². The van der Waals surface area contributed by atoms with Gasteiger partial charge in [-0.25, -0.2) is 5.06 Å². The predicted octanol–water partition coefficient (Wildman–Crippen LogP) is 0.724. The molecule has 0 aliphatic rings. The molecule has 0 fully saturated rings. The van der Waals surface area contributed by atoms with Crippen molar-refractivity contribution in [2.45, 2.75) is 13.5 Å². The van der Waals surface area contributed by atoms with Crippen LogP contribution in [0.1, 0.15) is 17.4 Å². The van der Waals surface area contributed by atoms with Crippen LogP contribution in [0, 0.1) is 0 Å². The number of nitrogen functional groups attached to an aromatic ring is 1. The standard InChI is InChI=1S/C9H15N3O2/c1-4-12-6-7(10)5-8(12)9(13)11(2)14-3/h5-6H,4,10H2,1-3H3. The Morgan fingerprint density at radius 2 is 2.36 bits per heavy atom. The fourth-order valence-electron chi connectivity index (χ4n) is 1.22. The lowest BCUT2D eigenvalue weighted by atomic mass is 10.4. The first kappa shape index (κ1) is 10.6. The Balaban J connectivity index is 2.99. The molecule has 0 spiro atoms. The molecule has 0 radical (unpaired) electrons. The van der Waals surface area contributed by atoms with Gasteiger partial charge in [0.2, 0.25) is 0 Å². The molecule has 1 amide bonds. The highest BCUT2D eigenvalue weighted by molar-refractivity contribution is 5.92. The lowest BCUT2D eigenvalue weighted by molar-refractivity contribution is -0.0762. The van der Waals surface area contributed by atoms with Crippen LogP contribution in [0.2, 0.25) is 0 Å². The van der Waals surface area contributed by atoms with Gasteiger partial charge in [-0.05, 0) is 13.0 Å². The summed E-state index contributed by atoms with van der Waals surface area (Å²) in [4.78, 5) is 16.5. The Morgan fingerprint density at radius 3 is 2.86 bits per heavy atom. The summed E-state index contributed by atoms with van der Waals surface area (Å²) >= 11 is 0. The third kappa shape index (κ3) is 1.88. The molecule has 0 unspecified atom stereocenters. The van der Waals surface area contributed by atoms with Crippen molar-refractivity contribution in [1.82, 2.24) is 9.63 Å². The van der Waals surface area contributed by atoms with Crippen molar-refractivity contribution < 1.29 is 9.63 Å². The van der Waals surface area contributed by atoms with Gasteiger partial charge in [-0.1, -0.05) is 0 Å². The quantitative estimate of drug-likeness (QED) is 0.726. The van der Waals surface area contributed by atoms with Crippen molar-refractivity contribution in [3.63, 3.8) is 0 Å². The van der Waals surface area contributed by atoms with E-state index in [0.717, 1.165) is 0 Å². The number of hydroxylamine groups is 2. The molecule has 14 heavy (non-hydrogen) atoms. The molecule has 0 saturated carbocycles. The topological polar surface area (TPSA) is 60.5 Å². The molecule has 2 N–H and O–H groups in total. The van der Waals surface area contributed by atoms with Crippen LogP contribution >= 0.6 is 0 Å². The first-order valence-electron chi connectivity index (χ1n) is 4.38. The lowest BCUT2D eigenvalue weighted by Gasteiger charge is -2.14. The van der Waals surface area contributed by atoms with E-state index in [-0.39, 0.29) is 5.91 Å². The van der Waals surface area contributed by atoms with Crippen LogP contribution in [0.5, 0.6) is 0 Å². The molecule has 1 rings (SSSR count). The Kier molecular flexibility index (Phi) is 3.14. The average Bonchev–Trinajstić information content (AvgIpc) is 2.57. The summed E-state index contributed by atoms with van der Waals surface area (Å²) in [6.45, 7) is 2.65. The zero-order valence-electron chi connectivity index (χ0n) is 8.65. The van der Waals surface area contributed by atoms with Gasteiger partial charge in [0.15, 0.2) is 0 Å². The van der Waals surface area contributed by atoms with Crippen molar-refractivity contribution in [2.75, 3.05) is 19.9 Å². The van der Waals surface area contributed by atoms with Gasteiger partial charge in [0.25, 0.3) is 5.91 Å². The molecule has 0 bridgehead atoms. The molecule has 0 aromatic carbocycles. The molecule has 0 atom stereocenters. The number of rotatable bonds is 3. The van der Waals surface area contributed by atoms with Gasteiger partial charge >= 0.3 is 0 Å². The van der Waals surface area contributed by atoms with E-state index in [9.17, 15) is 4.79 Å². The number of carbonyl (C=O) groups excluding carboxylic acids is 1. The highest BCUT2D eigenvalue weighted by Gasteiger charge is 2.15. The maximum absolute atomic E-state index is 11.7. The number of hydrogen-bond donors (Lipinski definition) is 1. The first-order valence-corrected chi connectivity index (χ1v) is 4.38. The number of aryl methyl sites for hydroxylation is 1. The van der Waals surface area contributed by atoms with Gasteiger partial charge < -0.3 is 10.3 Å². The van der Waals surface area contributed by atoms with E-state index in [0.29, 0.717) is 17.9 Å². The second-order valence-corrected chi connectivity index (χ2v) is 2.93. The minimum Gasteiger partial charge on any atom is -0.397 e. The second kappa shape index (κ2) is 4.15. The summed E-state index contributed by atoms with van der Waals surface area (Å²) in [6.07, 6.45) is 1.73. The van der Waals surface area contributed by atoms with Crippen molar-refractivity contribution in [1.29, 1.82) is 0 Å². The smallest absolute Gasteiger partial charge is 0.293 e. The molecule has 0 aliphatic carbocycles. The molecular weight excluding hydrogens is 182 g/mol. The normalized spacial score (nSPS) is 10.2. The van der Waals surface area contributed by atoms with E-state index in [2.05, 4.69) is 0 Å². The number of nitrogens with two attached hydrogens (primary N) is 1. The highest BCUT2D eigenvalue weighted by atomic mass is 16.7. The Morgan fingerprint density at radius 1 is 1.71 bits per heavy atom. The Bertz CT molecular complexity index is 333. The molecule has 1 heterocycles. The minimum absolute atomic E-state index is 0.203. The SMILES string of the molecule is CCn1cc(N)cc1C(=O)N(C)OC. The molecular formula is C9H15N3O2. The maximum Gasteiger partial charge on any atom is 0.293 e. The number of amides is 1. The van der Waals surface area contributed by atoms with Gasteiger partial charge in [0, 0.05) is 19.8 Å². The van der Waals surface area contributed by atoms with E-state index >= 15 is 0 Å². The molecule has 0 saturated heterocycles. The van der Waals surface area contributed by atoms with Crippen LogP contribution in [0.15, 0.2) is 12.3 Å². The summed E-state index contributed by atoms with van der Waals surface area (Å²) < 4.78 is 1.78. The van der Waals surface area contributed by atoms with Crippen molar-refractivity contribution >= 4 is 11.6 Å². The molecule has 78 valence electrons. The Labute approximate surface area is 83.0 Å². The fourth-order valence-corrected chi connectivity index (χ4v) is 1.22. The van der Waals surface area contributed by atoms with Crippen molar-refractivity contribution in [3.8, 4) is 0 Å².